The summed E-state index contributed by atoms with van der Waals surface area (Å²) in [5.41, 5.74) is 2.70. The van der Waals surface area contributed by atoms with Crippen molar-refractivity contribution in [2.45, 2.75) is 11.3 Å². The Morgan fingerprint density at radius 1 is 0.938 bits per heavy atom. The molecule has 0 spiro atoms. The highest BCUT2D eigenvalue weighted by Crippen LogP contribution is 2.33. The largest absolute Gasteiger partial charge is 0.321 e. The molecule has 0 bridgehead atoms. The second kappa shape index (κ2) is 8.57. The minimum atomic E-state index is -3.63. The van der Waals surface area contributed by atoms with Crippen LogP contribution < -0.4 is 10.2 Å². The molecule has 0 saturated heterocycles. The average Bonchev–Trinajstić information content (AvgIpc) is 3.22. The Balaban J connectivity index is 1.66. The molecule has 1 aliphatic heterocycles. The molecule has 32 heavy (non-hydrogen) atoms. The SMILES string of the molecule is CN(C)S(=O)(=O)c1ccc2c(c1)N(C(=O)c1ccccc1NC(=O)c1ccccc1)CC2. The maximum Gasteiger partial charge on any atom is 0.260 e. The van der Waals surface area contributed by atoms with Crippen LogP contribution in [0, 0.1) is 0 Å². The second-order valence-electron chi connectivity index (χ2n) is 7.65. The first kappa shape index (κ1) is 21.7. The van der Waals surface area contributed by atoms with Crippen molar-refractivity contribution in [3.05, 3.63) is 89.5 Å². The number of sulfonamides is 1. The molecule has 7 nitrogen and oxygen atoms in total. The number of hydrogen-bond donors (Lipinski definition) is 1. The van der Waals surface area contributed by atoms with Crippen LogP contribution in [0.4, 0.5) is 11.4 Å². The van der Waals surface area contributed by atoms with E-state index < -0.39 is 10.0 Å². The van der Waals surface area contributed by atoms with Gasteiger partial charge < -0.3 is 10.2 Å². The van der Waals surface area contributed by atoms with Crippen LogP contribution in [0.3, 0.4) is 0 Å². The van der Waals surface area contributed by atoms with E-state index in [-0.39, 0.29) is 16.7 Å². The van der Waals surface area contributed by atoms with Gasteiger partial charge in [-0.1, -0.05) is 36.4 Å². The van der Waals surface area contributed by atoms with Gasteiger partial charge >= 0.3 is 0 Å². The monoisotopic (exact) mass is 449 g/mol. The highest BCUT2D eigenvalue weighted by atomic mass is 32.2. The van der Waals surface area contributed by atoms with E-state index in [1.165, 1.54) is 14.1 Å². The molecule has 0 aliphatic carbocycles. The summed E-state index contributed by atoms with van der Waals surface area (Å²) in [5.74, 6) is -0.612. The number of fused-ring (bicyclic) bond motifs is 1. The minimum absolute atomic E-state index is 0.131. The summed E-state index contributed by atoms with van der Waals surface area (Å²) < 4.78 is 26.3. The smallest absolute Gasteiger partial charge is 0.260 e. The quantitative estimate of drug-likeness (QED) is 0.647. The summed E-state index contributed by atoms with van der Waals surface area (Å²) >= 11 is 0. The predicted molar refractivity (Wildman–Crippen MR) is 124 cm³/mol. The van der Waals surface area contributed by atoms with Crippen molar-refractivity contribution in [2.24, 2.45) is 0 Å². The normalized spacial score (nSPS) is 13.2. The molecule has 2 amide bonds. The fraction of sp³-hybridized carbons (Fsp3) is 0.167. The summed E-state index contributed by atoms with van der Waals surface area (Å²) in [6, 6.07) is 20.4. The molecule has 8 heteroatoms. The maximum absolute atomic E-state index is 13.5. The number of rotatable bonds is 5. The Kier molecular flexibility index (Phi) is 5.82. The number of para-hydroxylation sites is 1. The van der Waals surface area contributed by atoms with Gasteiger partial charge in [-0.25, -0.2) is 12.7 Å². The number of benzene rings is 3. The summed E-state index contributed by atoms with van der Waals surface area (Å²) in [4.78, 5) is 27.8. The van der Waals surface area contributed by atoms with Crippen LogP contribution in [0.25, 0.3) is 0 Å². The van der Waals surface area contributed by atoms with Crippen LogP contribution in [0.5, 0.6) is 0 Å². The third-order valence-electron chi connectivity index (χ3n) is 5.42. The Morgan fingerprint density at radius 3 is 2.34 bits per heavy atom. The van der Waals surface area contributed by atoms with Gasteiger partial charge in [0, 0.05) is 31.9 Å². The molecular formula is C24H23N3O4S. The number of anilines is 2. The van der Waals surface area contributed by atoms with Crippen molar-refractivity contribution >= 4 is 33.2 Å². The molecule has 1 N–H and O–H groups in total. The number of amides is 2. The van der Waals surface area contributed by atoms with Crippen LogP contribution in [0.2, 0.25) is 0 Å². The van der Waals surface area contributed by atoms with Crippen LogP contribution >= 0.6 is 0 Å². The van der Waals surface area contributed by atoms with Crippen LogP contribution in [-0.2, 0) is 16.4 Å². The second-order valence-corrected chi connectivity index (χ2v) is 9.80. The topological polar surface area (TPSA) is 86.8 Å². The van der Waals surface area contributed by atoms with E-state index in [0.717, 1.165) is 9.87 Å². The lowest BCUT2D eigenvalue weighted by atomic mass is 10.1. The van der Waals surface area contributed by atoms with Gasteiger partial charge in [0.1, 0.15) is 0 Å². The van der Waals surface area contributed by atoms with Gasteiger partial charge in [0.25, 0.3) is 11.8 Å². The molecule has 0 fully saturated rings. The molecule has 0 aromatic heterocycles. The highest BCUT2D eigenvalue weighted by molar-refractivity contribution is 7.89. The first-order chi connectivity index (χ1) is 15.3. The lowest BCUT2D eigenvalue weighted by molar-refractivity contribution is 0.0990. The van der Waals surface area contributed by atoms with Crippen molar-refractivity contribution in [2.75, 3.05) is 30.9 Å². The van der Waals surface area contributed by atoms with Gasteiger partial charge in [0.05, 0.1) is 16.1 Å². The van der Waals surface area contributed by atoms with Crippen molar-refractivity contribution in [1.82, 2.24) is 4.31 Å². The number of nitrogens with zero attached hydrogens (tertiary/aromatic N) is 2. The molecule has 3 aromatic rings. The van der Waals surface area contributed by atoms with E-state index in [1.54, 1.807) is 71.6 Å². The van der Waals surface area contributed by atoms with Crippen LogP contribution in [-0.4, -0.2) is 45.2 Å². The Bertz CT molecular complexity index is 1290. The molecular weight excluding hydrogens is 426 g/mol. The van der Waals surface area contributed by atoms with Gasteiger partial charge in [-0.15, -0.1) is 0 Å². The van der Waals surface area contributed by atoms with Gasteiger partial charge in [-0.2, -0.15) is 0 Å². The van der Waals surface area contributed by atoms with Crippen molar-refractivity contribution in [1.29, 1.82) is 0 Å². The first-order valence-electron chi connectivity index (χ1n) is 10.1. The molecule has 0 radical (unpaired) electrons. The van der Waals surface area contributed by atoms with E-state index >= 15 is 0 Å². The third kappa shape index (κ3) is 4.02. The fourth-order valence-electron chi connectivity index (χ4n) is 3.65. The van der Waals surface area contributed by atoms with Gasteiger partial charge in [-0.3, -0.25) is 9.59 Å². The molecule has 4 rings (SSSR count). The lowest BCUT2D eigenvalue weighted by Crippen LogP contribution is -2.30. The van der Waals surface area contributed by atoms with Gasteiger partial charge in [-0.05, 0) is 48.4 Å². The van der Waals surface area contributed by atoms with Crippen molar-refractivity contribution in [3.63, 3.8) is 0 Å². The zero-order valence-corrected chi connectivity index (χ0v) is 18.6. The van der Waals surface area contributed by atoms with Crippen LogP contribution in [0.15, 0.2) is 77.7 Å². The lowest BCUT2D eigenvalue weighted by Gasteiger charge is -2.20. The highest BCUT2D eigenvalue weighted by Gasteiger charge is 2.29. The van der Waals surface area contributed by atoms with E-state index in [0.29, 0.717) is 35.5 Å². The van der Waals surface area contributed by atoms with E-state index in [4.69, 9.17) is 0 Å². The van der Waals surface area contributed by atoms with E-state index in [9.17, 15) is 18.0 Å². The molecule has 0 saturated carbocycles. The third-order valence-corrected chi connectivity index (χ3v) is 7.23. The number of hydrogen-bond acceptors (Lipinski definition) is 4. The molecule has 1 heterocycles. The Labute approximate surface area is 187 Å². The summed E-state index contributed by atoms with van der Waals surface area (Å²) in [7, 11) is -0.690. The summed E-state index contributed by atoms with van der Waals surface area (Å²) in [6.07, 6.45) is 0.627. The molecule has 1 aliphatic rings. The van der Waals surface area contributed by atoms with Gasteiger partial charge in [0.2, 0.25) is 10.0 Å². The van der Waals surface area contributed by atoms with E-state index in [2.05, 4.69) is 5.32 Å². The number of nitrogens with one attached hydrogen (secondary N) is 1. The van der Waals surface area contributed by atoms with E-state index in [1.807, 2.05) is 6.07 Å². The van der Waals surface area contributed by atoms with Gasteiger partial charge in [0.15, 0.2) is 0 Å². The Morgan fingerprint density at radius 2 is 1.62 bits per heavy atom. The van der Waals surface area contributed by atoms with Crippen molar-refractivity contribution in [3.8, 4) is 0 Å². The summed E-state index contributed by atoms with van der Waals surface area (Å²) in [5, 5.41) is 2.82. The molecule has 0 unspecified atom stereocenters. The average molecular weight is 450 g/mol. The Hall–Kier alpha value is -3.49. The molecule has 0 atom stereocenters. The van der Waals surface area contributed by atoms with Crippen molar-refractivity contribution < 1.29 is 18.0 Å². The fourth-order valence-corrected chi connectivity index (χ4v) is 4.57. The first-order valence-corrected chi connectivity index (χ1v) is 11.6. The number of carbonyl (C=O) groups is 2. The standard InChI is InChI=1S/C24H23N3O4S/c1-26(2)32(30,31)19-13-12-17-14-15-27(22(17)16-19)24(29)20-10-6-7-11-21(20)25-23(28)18-8-4-3-5-9-18/h3-13,16H,14-15H2,1-2H3,(H,25,28). The number of carbonyl (C=O) groups excluding carboxylic acids is 2. The predicted octanol–water partition coefficient (Wildman–Crippen LogP) is 3.39. The maximum atomic E-state index is 13.5. The minimum Gasteiger partial charge on any atom is -0.321 e. The zero-order chi connectivity index (χ0) is 22.9. The van der Waals surface area contributed by atoms with Crippen LogP contribution in [0.1, 0.15) is 26.3 Å². The molecule has 3 aromatic carbocycles. The zero-order valence-electron chi connectivity index (χ0n) is 17.8. The summed E-state index contributed by atoms with van der Waals surface area (Å²) in [6.45, 7) is 0.431. The molecule has 164 valence electrons.